The van der Waals surface area contributed by atoms with Gasteiger partial charge < -0.3 is 10.2 Å². The number of piperidine rings is 1. The van der Waals surface area contributed by atoms with Crippen molar-refractivity contribution >= 4 is 15.9 Å². The molecule has 0 aromatic heterocycles. The molecule has 0 radical (unpaired) electrons. The average Bonchev–Trinajstić information content (AvgIpc) is 2.40. The van der Waals surface area contributed by atoms with Gasteiger partial charge in [0.05, 0.1) is 0 Å². The van der Waals surface area contributed by atoms with Gasteiger partial charge in [0.25, 0.3) is 0 Å². The highest BCUT2D eigenvalue weighted by molar-refractivity contribution is 9.10. The van der Waals surface area contributed by atoms with Gasteiger partial charge in [-0.2, -0.15) is 0 Å². The number of rotatable bonds is 6. The van der Waals surface area contributed by atoms with Crippen molar-refractivity contribution in [3.63, 3.8) is 0 Å². The van der Waals surface area contributed by atoms with Crippen LogP contribution in [0.5, 0.6) is 0 Å². The van der Waals surface area contributed by atoms with E-state index in [0.717, 1.165) is 19.5 Å². The Morgan fingerprint density at radius 2 is 1.94 bits per heavy atom. The summed E-state index contributed by atoms with van der Waals surface area (Å²) >= 11 is 3.51. The van der Waals surface area contributed by atoms with Gasteiger partial charge in [0.2, 0.25) is 0 Å². The summed E-state index contributed by atoms with van der Waals surface area (Å²) in [7, 11) is 0. The molecule has 2 rings (SSSR count). The van der Waals surface area contributed by atoms with E-state index in [9.17, 15) is 0 Å². The summed E-state index contributed by atoms with van der Waals surface area (Å²) in [6.45, 7) is 6.00. The van der Waals surface area contributed by atoms with Gasteiger partial charge in [-0.25, -0.2) is 0 Å². The maximum Gasteiger partial charge on any atom is 0.0178 e. The highest BCUT2D eigenvalue weighted by Gasteiger charge is 2.08. The number of likely N-dealkylation sites (tertiary alicyclic amines) is 1. The number of hydrogen-bond acceptors (Lipinski definition) is 2. The Balaban J connectivity index is 1.55. The van der Waals surface area contributed by atoms with E-state index in [2.05, 4.69) is 50.4 Å². The topological polar surface area (TPSA) is 15.3 Å². The third kappa shape index (κ3) is 5.09. The molecule has 1 aliphatic heterocycles. The molecule has 1 heterocycles. The van der Waals surface area contributed by atoms with Crippen molar-refractivity contribution in [2.24, 2.45) is 0 Å². The number of halogens is 1. The summed E-state index contributed by atoms with van der Waals surface area (Å²) in [6, 6.07) is 8.57. The highest BCUT2D eigenvalue weighted by atomic mass is 79.9. The first kappa shape index (κ1) is 14.0. The molecule has 1 aliphatic rings. The molecule has 100 valence electrons. The van der Waals surface area contributed by atoms with Crippen LogP contribution >= 0.6 is 15.9 Å². The third-order valence-corrected chi connectivity index (χ3v) is 4.03. The predicted molar refractivity (Wildman–Crippen MR) is 81.0 cm³/mol. The molecule has 0 atom stereocenters. The molecular weight excluding hydrogens is 288 g/mol. The van der Waals surface area contributed by atoms with Crippen LogP contribution in [-0.2, 0) is 6.42 Å². The van der Waals surface area contributed by atoms with Gasteiger partial charge >= 0.3 is 0 Å². The first-order valence-electron chi connectivity index (χ1n) is 7.02. The molecule has 0 spiro atoms. The van der Waals surface area contributed by atoms with Crippen LogP contribution in [0.25, 0.3) is 0 Å². The van der Waals surface area contributed by atoms with E-state index in [1.54, 1.807) is 0 Å². The highest BCUT2D eigenvalue weighted by Crippen LogP contribution is 2.11. The van der Waals surface area contributed by atoms with Crippen molar-refractivity contribution in [2.45, 2.75) is 25.7 Å². The first-order valence-corrected chi connectivity index (χ1v) is 7.81. The lowest BCUT2D eigenvalue weighted by molar-refractivity contribution is 0.229. The summed E-state index contributed by atoms with van der Waals surface area (Å²) in [4.78, 5) is 2.58. The van der Waals surface area contributed by atoms with E-state index in [1.807, 2.05) is 0 Å². The molecule has 0 aliphatic carbocycles. The summed E-state index contributed by atoms with van der Waals surface area (Å²) in [5, 5.41) is 3.54. The Bertz CT molecular complexity index is 348. The summed E-state index contributed by atoms with van der Waals surface area (Å²) in [5.41, 5.74) is 1.40. The second-order valence-corrected chi connectivity index (χ2v) is 5.95. The van der Waals surface area contributed by atoms with Crippen LogP contribution in [0.2, 0.25) is 0 Å². The van der Waals surface area contributed by atoms with Gasteiger partial charge in [0.1, 0.15) is 0 Å². The molecule has 1 saturated heterocycles. The van der Waals surface area contributed by atoms with Gasteiger partial charge in [-0.3, -0.25) is 0 Å². The monoisotopic (exact) mass is 310 g/mol. The third-order valence-electron chi connectivity index (χ3n) is 3.53. The van der Waals surface area contributed by atoms with E-state index in [-0.39, 0.29) is 0 Å². The van der Waals surface area contributed by atoms with Crippen molar-refractivity contribution in [3.8, 4) is 0 Å². The van der Waals surface area contributed by atoms with E-state index in [0.29, 0.717) is 0 Å². The molecular formula is C15H23BrN2. The van der Waals surface area contributed by atoms with Crippen LogP contribution in [0, 0.1) is 0 Å². The smallest absolute Gasteiger partial charge is 0.0178 e. The van der Waals surface area contributed by atoms with Crippen LogP contribution in [0.15, 0.2) is 28.7 Å². The fourth-order valence-corrected chi connectivity index (χ4v) is 2.92. The molecule has 0 unspecified atom stereocenters. The molecule has 0 bridgehead atoms. The van der Waals surface area contributed by atoms with E-state index in [1.165, 1.54) is 48.9 Å². The van der Waals surface area contributed by atoms with E-state index < -0.39 is 0 Å². The van der Waals surface area contributed by atoms with Gasteiger partial charge in [-0.15, -0.1) is 0 Å². The maximum atomic E-state index is 3.54. The minimum atomic E-state index is 1.07. The zero-order chi connectivity index (χ0) is 12.6. The molecule has 3 heteroatoms. The van der Waals surface area contributed by atoms with Crippen LogP contribution in [-0.4, -0.2) is 37.6 Å². The molecule has 0 amide bonds. The van der Waals surface area contributed by atoms with E-state index >= 15 is 0 Å². The Morgan fingerprint density at radius 3 is 2.72 bits per heavy atom. The average molecular weight is 311 g/mol. The van der Waals surface area contributed by atoms with Gasteiger partial charge in [-0.1, -0.05) is 34.5 Å². The molecule has 1 aromatic carbocycles. The normalized spacial score (nSPS) is 16.9. The Morgan fingerprint density at radius 1 is 1.11 bits per heavy atom. The number of hydrogen-bond donors (Lipinski definition) is 1. The second kappa shape index (κ2) is 7.93. The Hall–Kier alpha value is -0.380. The molecule has 2 nitrogen and oxygen atoms in total. The van der Waals surface area contributed by atoms with Gasteiger partial charge in [0.15, 0.2) is 0 Å². The van der Waals surface area contributed by atoms with Crippen LogP contribution < -0.4 is 5.32 Å². The van der Waals surface area contributed by atoms with Crippen LogP contribution in [0.1, 0.15) is 24.8 Å². The summed E-state index contributed by atoms with van der Waals surface area (Å²) in [6.07, 6.45) is 5.31. The Labute approximate surface area is 119 Å². The van der Waals surface area contributed by atoms with Crippen molar-refractivity contribution < 1.29 is 0 Å². The number of nitrogens with one attached hydrogen (secondary N) is 1. The number of nitrogens with zero attached hydrogens (tertiary/aromatic N) is 1. The first-order chi connectivity index (χ1) is 8.84. The number of benzene rings is 1. The molecule has 1 aromatic rings. The van der Waals surface area contributed by atoms with Crippen molar-refractivity contribution in [3.05, 3.63) is 34.3 Å². The van der Waals surface area contributed by atoms with Gasteiger partial charge in [0, 0.05) is 17.6 Å². The fraction of sp³-hybridized carbons (Fsp3) is 0.600. The SMILES string of the molecule is Brc1cccc(CCNCCN2CCCCC2)c1. The zero-order valence-corrected chi connectivity index (χ0v) is 12.6. The lowest BCUT2D eigenvalue weighted by Crippen LogP contribution is -2.36. The minimum Gasteiger partial charge on any atom is -0.315 e. The van der Waals surface area contributed by atoms with E-state index in [4.69, 9.17) is 0 Å². The lowest BCUT2D eigenvalue weighted by atomic mass is 10.1. The lowest BCUT2D eigenvalue weighted by Gasteiger charge is -2.26. The largest absolute Gasteiger partial charge is 0.315 e. The second-order valence-electron chi connectivity index (χ2n) is 5.03. The van der Waals surface area contributed by atoms with Crippen molar-refractivity contribution in [1.82, 2.24) is 10.2 Å². The van der Waals surface area contributed by atoms with Crippen LogP contribution in [0.3, 0.4) is 0 Å². The quantitative estimate of drug-likeness (QED) is 0.812. The Kier molecular flexibility index (Phi) is 6.18. The van der Waals surface area contributed by atoms with Gasteiger partial charge in [-0.05, 0) is 56.6 Å². The van der Waals surface area contributed by atoms with Crippen molar-refractivity contribution in [2.75, 3.05) is 32.7 Å². The van der Waals surface area contributed by atoms with Crippen molar-refractivity contribution in [1.29, 1.82) is 0 Å². The predicted octanol–water partition coefficient (Wildman–Crippen LogP) is 3.07. The van der Waals surface area contributed by atoms with Crippen LogP contribution in [0.4, 0.5) is 0 Å². The summed E-state index contributed by atoms with van der Waals surface area (Å²) in [5.74, 6) is 0. The molecule has 18 heavy (non-hydrogen) atoms. The minimum absolute atomic E-state index is 1.07. The molecule has 1 N–H and O–H groups in total. The molecule has 0 saturated carbocycles. The standard InChI is InChI=1S/C15H23BrN2/c16-15-6-4-5-14(13-15)7-8-17-9-12-18-10-2-1-3-11-18/h4-6,13,17H,1-3,7-12H2. The molecule has 1 fully saturated rings. The fourth-order valence-electron chi connectivity index (χ4n) is 2.47. The maximum absolute atomic E-state index is 3.54. The zero-order valence-electron chi connectivity index (χ0n) is 11.0. The summed E-state index contributed by atoms with van der Waals surface area (Å²) < 4.78 is 1.17.